The second kappa shape index (κ2) is 5.03. The fraction of sp³-hybridized carbons (Fsp3) is 0.900. The number of rotatable bonds is 3. The van der Waals surface area contributed by atoms with Crippen LogP contribution in [-0.2, 0) is 4.79 Å². The Morgan fingerprint density at radius 1 is 1.50 bits per heavy atom. The molecule has 0 bridgehead atoms. The van der Waals surface area contributed by atoms with Crippen LogP contribution >= 0.6 is 0 Å². The molecule has 1 heterocycles. The predicted octanol–water partition coefficient (Wildman–Crippen LogP) is 1.52. The normalized spacial score (nSPS) is 26.2. The van der Waals surface area contributed by atoms with E-state index in [-0.39, 0.29) is 12.0 Å². The van der Waals surface area contributed by atoms with Gasteiger partial charge in [-0.3, -0.25) is 4.79 Å². The fourth-order valence-corrected chi connectivity index (χ4v) is 2.07. The van der Waals surface area contributed by atoms with E-state index < -0.39 is 24.9 Å². The average Bonchev–Trinajstić information content (AvgIpc) is 2.54. The quantitative estimate of drug-likeness (QED) is 0.810. The average molecular weight is 238 g/mol. The van der Waals surface area contributed by atoms with E-state index in [4.69, 9.17) is 5.73 Å². The molecule has 3 nitrogen and oxygen atoms in total. The minimum absolute atomic E-state index is 0.0965. The molecule has 0 saturated carbocycles. The van der Waals surface area contributed by atoms with Crippen molar-refractivity contribution in [2.45, 2.75) is 38.4 Å². The minimum Gasteiger partial charge on any atom is -0.338 e. The van der Waals surface area contributed by atoms with E-state index >= 15 is 0 Å². The topological polar surface area (TPSA) is 46.3 Å². The van der Waals surface area contributed by atoms with E-state index in [1.54, 1.807) is 0 Å². The first-order valence-electron chi connectivity index (χ1n) is 5.41. The molecule has 0 aromatic rings. The van der Waals surface area contributed by atoms with Crippen molar-refractivity contribution in [1.29, 1.82) is 0 Å². The van der Waals surface area contributed by atoms with Crippen LogP contribution in [0.4, 0.5) is 13.2 Å². The molecule has 16 heavy (non-hydrogen) atoms. The van der Waals surface area contributed by atoms with Gasteiger partial charge < -0.3 is 10.6 Å². The molecule has 1 fully saturated rings. The lowest BCUT2D eigenvalue weighted by Gasteiger charge is -2.25. The van der Waals surface area contributed by atoms with Gasteiger partial charge in [0.15, 0.2) is 0 Å². The number of nitrogens with two attached hydrogens (primary N) is 1. The highest BCUT2D eigenvalue weighted by molar-refractivity contribution is 5.77. The van der Waals surface area contributed by atoms with E-state index in [0.717, 1.165) is 6.42 Å². The van der Waals surface area contributed by atoms with Crippen LogP contribution in [0.2, 0.25) is 0 Å². The Morgan fingerprint density at radius 3 is 2.62 bits per heavy atom. The zero-order valence-electron chi connectivity index (χ0n) is 9.26. The lowest BCUT2D eigenvalue weighted by atomic mass is 10.0. The molecule has 0 aromatic heterocycles. The van der Waals surface area contributed by atoms with Crippen LogP contribution in [0.1, 0.15) is 26.2 Å². The maximum atomic E-state index is 12.0. The first-order valence-corrected chi connectivity index (χ1v) is 5.41. The van der Waals surface area contributed by atoms with Gasteiger partial charge >= 0.3 is 6.18 Å². The molecule has 94 valence electrons. The SMILES string of the molecule is CC1CCN(C(=O)CCC(F)(F)F)C1CN. The number of hydrogen-bond acceptors (Lipinski definition) is 2. The molecule has 1 aliphatic heterocycles. The number of carbonyl (C=O) groups is 1. The highest BCUT2D eigenvalue weighted by Crippen LogP contribution is 2.26. The van der Waals surface area contributed by atoms with Crippen molar-refractivity contribution in [1.82, 2.24) is 4.90 Å². The van der Waals surface area contributed by atoms with Crippen LogP contribution in [0, 0.1) is 5.92 Å². The first kappa shape index (κ1) is 13.3. The van der Waals surface area contributed by atoms with Gasteiger partial charge in [0.2, 0.25) is 5.91 Å². The molecule has 2 N–H and O–H groups in total. The fourth-order valence-electron chi connectivity index (χ4n) is 2.07. The molecule has 0 spiro atoms. The molecule has 1 saturated heterocycles. The molecule has 0 aliphatic carbocycles. The summed E-state index contributed by atoms with van der Waals surface area (Å²) in [6.07, 6.45) is -4.96. The molecular formula is C10H17F3N2O. The van der Waals surface area contributed by atoms with Gasteiger partial charge in [-0.25, -0.2) is 0 Å². The van der Waals surface area contributed by atoms with Gasteiger partial charge in [-0.1, -0.05) is 6.92 Å². The molecule has 0 radical (unpaired) electrons. The van der Waals surface area contributed by atoms with Crippen molar-refractivity contribution in [3.63, 3.8) is 0 Å². The second-order valence-electron chi connectivity index (χ2n) is 4.27. The van der Waals surface area contributed by atoms with E-state index in [2.05, 4.69) is 0 Å². The van der Waals surface area contributed by atoms with Gasteiger partial charge in [0.05, 0.1) is 6.42 Å². The standard InChI is InChI=1S/C10H17F3N2O/c1-7-3-5-15(8(7)6-14)9(16)2-4-10(11,12)13/h7-8H,2-6,14H2,1H3. The first-order chi connectivity index (χ1) is 7.35. The third kappa shape index (κ3) is 3.37. The lowest BCUT2D eigenvalue weighted by molar-refractivity contribution is -0.149. The molecule has 2 unspecified atom stereocenters. The summed E-state index contributed by atoms with van der Waals surface area (Å²) in [4.78, 5) is 13.1. The van der Waals surface area contributed by atoms with Crippen LogP contribution in [0.15, 0.2) is 0 Å². The summed E-state index contributed by atoms with van der Waals surface area (Å²) in [7, 11) is 0. The van der Waals surface area contributed by atoms with Crippen molar-refractivity contribution in [2.24, 2.45) is 11.7 Å². The zero-order valence-corrected chi connectivity index (χ0v) is 9.26. The Morgan fingerprint density at radius 2 is 2.12 bits per heavy atom. The molecule has 6 heteroatoms. The summed E-state index contributed by atoms with van der Waals surface area (Å²) in [5.41, 5.74) is 5.52. The zero-order chi connectivity index (χ0) is 12.3. The summed E-state index contributed by atoms with van der Waals surface area (Å²) in [5.74, 6) is -0.156. The highest BCUT2D eigenvalue weighted by atomic mass is 19.4. The van der Waals surface area contributed by atoms with Crippen LogP contribution in [0.5, 0.6) is 0 Å². The molecule has 1 amide bonds. The van der Waals surface area contributed by atoms with Crippen molar-refractivity contribution < 1.29 is 18.0 Å². The van der Waals surface area contributed by atoms with Crippen LogP contribution in [-0.4, -0.2) is 36.1 Å². The van der Waals surface area contributed by atoms with Crippen molar-refractivity contribution >= 4 is 5.91 Å². The molecule has 1 rings (SSSR count). The van der Waals surface area contributed by atoms with Gasteiger partial charge in [-0.05, 0) is 12.3 Å². The number of nitrogens with zero attached hydrogens (tertiary/aromatic N) is 1. The Balaban J connectivity index is 2.48. The number of likely N-dealkylation sites (tertiary alicyclic amines) is 1. The van der Waals surface area contributed by atoms with E-state index in [9.17, 15) is 18.0 Å². The number of amides is 1. The molecule has 2 atom stereocenters. The van der Waals surface area contributed by atoms with Crippen molar-refractivity contribution in [3.8, 4) is 0 Å². The smallest absolute Gasteiger partial charge is 0.338 e. The van der Waals surface area contributed by atoms with Gasteiger partial charge in [0, 0.05) is 25.6 Å². The van der Waals surface area contributed by atoms with Crippen LogP contribution in [0.3, 0.4) is 0 Å². The Kier molecular flexibility index (Phi) is 4.18. The minimum atomic E-state index is -4.26. The monoisotopic (exact) mass is 238 g/mol. The van der Waals surface area contributed by atoms with Gasteiger partial charge in [-0.2, -0.15) is 13.2 Å². The maximum Gasteiger partial charge on any atom is 0.389 e. The number of carbonyl (C=O) groups excluding carboxylic acids is 1. The third-order valence-electron chi connectivity index (χ3n) is 3.07. The van der Waals surface area contributed by atoms with Crippen LogP contribution < -0.4 is 5.73 Å². The molecule has 1 aliphatic rings. The van der Waals surface area contributed by atoms with E-state index in [1.165, 1.54) is 4.90 Å². The Bertz CT molecular complexity index is 255. The summed E-state index contributed by atoms with van der Waals surface area (Å²) < 4.78 is 35.9. The lowest BCUT2D eigenvalue weighted by Crippen LogP contribution is -2.42. The molecular weight excluding hydrogens is 221 g/mol. The molecule has 0 aromatic carbocycles. The van der Waals surface area contributed by atoms with Gasteiger partial charge in [0.1, 0.15) is 0 Å². The third-order valence-corrected chi connectivity index (χ3v) is 3.07. The summed E-state index contributed by atoms with van der Waals surface area (Å²) in [5, 5.41) is 0. The highest BCUT2D eigenvalue weighted by Gasteiger charge is 2.35. The van der Waals surface area contributed by atoms with Gasteiger partial charge in [0.25, 0.3) is 0 Å². The summed E-state index contributed by atoms with van der Waals surface area (Å²) in [6.45, 7) is 2.81. The maximum absolute atomic E-state index is 12.0. The van der Waals surface area contributed by atoms with Gasteiger partial charge in [-0.15, -0.1) is 0 Å². The van der Waals surface area contributed by atoms with E-state index in [1.807, 2.05) is 6.92 Å². The second-order valence-corrected chi connectivity index (χ2v) is 4.27. The predicted molar refractivity (Wildman–Crippen MR) is 53.6 cm³/mol. The Hall–Kier alpha value is -0.780. The number of hydrogen-bond donors (Lipinski definition) is 1. The van der Waals surface area contributed by atoms with E-state index in [0.29, 0.717) is 13.1 Å². The summed E-state index contributed by atoms with van der Waals surface area (Å²) >= 11 is 0. The van der Waals surface area contributed by atoms with Crippen molar-refractivity contribution in [2.75, 3.05) is 13.1 Å². The van der Waals surface area contributed by atoms with Crippen LogP contribution in [0.25, 0.3) is 0 Å². The Labute approximate surface area is 92.8 Å². The summed E-state index contributed by atoms with van der Waals surface area (Å²) in [6, 6.07) is -0.0965. The van der Waals surface area contributed by atoms with Crippen molar-refractivity contribution in [3.05, 3.63) is 0 Å². The number of halogens is 3. The number of alkyl halides is 3. The largest absolute Gasteiger partial charge is 0.389 e.